The molecular formula is C17H18N2O7. The van der Waals surface area contributed by atoms with Gasteiger partial charge in [-0.2, -0.15) is 0 Å². The maximum atomic E-state index is 12.2. The Kier molecular flexibility index (Phi) is 4.97. The van der Waals surface area contributed by atoms with Crippen LogP contribution in [0.2, 0.25) is 0 Å². The number of carbonyl (C=O) groups excluding carboxylic acids is 3. The lowest BCUT2D eigenvalue weighted by molar-refractivity contribution is -0.138. The van der Waals surface area contributed by atoms with Crippen molar-refractivity contribution in [1.82, 2.24) is 0 Å². The van der Waals surface area contributed by atoms with Crippen LogP contribution in [-0.4, -0.2) is 45.4 Å². The van der Waals surface area contributed by atoms with E-state index in [9.17, 15) is 14.4 Å². The van der Waals surface area contributed by atoms with Crippen molar-refractivity contribution in [2.24, 2.45) is 0 Å². The van der Waals surface area contributed by atoms with Gasteiger partial charge in [-0.05, 0) is 6.42 Å². The fraction of sp³-hybridized carbons (Fsp3) is 0.353. The summed E-state index contributed by atoms with van der Waals surface area (Å²) in [6, 6.07) is 3.28. The molecule has 1 amide bonds. The van der Waals surface area contributed by atoms with Gasteiger partial charge in [-0.15, -0.1) is 0 Å². The van der Waals surface area contributed by atoms with Gasteiger partial charge in [0.25, 0.3) is 0 Å². The second-order valence-corrected chi connectivity index (χ2v) is 5.57. The third-order valence-electron chi connectivity index (χ3n) is 3.99. The van der Waals surface area contributed by atoms with E-state index in [1.54, 1.807) is 17.0 Å². The minimum atomic E-state index is -0.758. The molecule has 0 radical (unpaired) electrons. The van der Waals surface area contributed by atoms with E-state index >= 15 is 0 Å². The van der Waals surface area contributed by atoms with Gasteiger partial charge in [-0.1, -0.05) is 0 Å². The van der Waals surface area contributed by atoms with Gasteiger partial charge < -0.3 is 29.2 Å². The van der Waals surface area contributed by atoms with E-state index in [1.165, 1.54) is 14.2 Å². The molecule has 1 aromatic carbocycles. The molecule has 1 aromatic rings. The second kappa shape index (κ2) is 7.34. The summed E-state index contributed by atoms with van der Waals surface area (Å²) in [4.78, 5) is 37.3. The van der Waals surface area contributed by atoms with Crippen LogP contribution in [0, 0.1) is 0 Å². The van der Waals surface area contributed by atoms with Crippen LogP contribution in [0.25, 0.3) is 0 Å². The number of fused-ring (bicyclic) bond motifs is 1. The average molecular weight is 362 g/mol. The number of hydrogen-bond acceptors (Lipinski definition) is 8. The number of amides is 1. The fourth-order valence-electron chi connectivity index (χ4n) is 2.74. The summed E-state index contributed by atoms with van der Waals surface area (Å²) in [7, 11) is 2.39. The van der Waals surface area contributed by atoms with E-state index in [0.717, 1.165) is 12.5 Å². The van der Waals surface area contributed by atoms with E-state index in [1.807, 2.05) is 0 Å². The maximum absolute atomic E-state index is 12.2. The largest absolute Gasteiger partial charge is 0.466 e. The first-order chi connectivity index (χ1) is 12.5. The van der Waals surface area contributed by atoms with Crippen LogP contribution in [0.3, 0.4) is 0 Å². The number of nitrogens with one attached hydrogen (secondary N) is 1. The molecule has 9 nitrogen and oxygen atoms in total. The molecule has 0 atom stereocenters. The molecule has 26 heavy (non-hydrogen) atoms. The van der Waals surface area contributed by atoms with Crippen molar-refractivity contribution in [1.29, 1.82) is 0 Å². The van der Waals surface area contributed by atoms with Gasteiger partial charge in [-0.25, -0.2) is 9.59 Å². The highest BCUT2D eigenvalue weighted by Crippen LogP contribution is 2.42. The molecule has 0 aliphatic carbocycles. The molecule has 138 valence electrons. The molecule has 2 aliphatic heterocycles. The quantitative estimate of drug-likeness (QED) is 0.615. The molecule has 0 saturated carbocycles. The van der Waals surface area contributed by atoms with Crippen LogP contribution in [0.15, 0.2) is 23.9 Å². The summed E-state index contributed by atoms with van der Waals surface area (Å²) >= 11 is 0. The topological polar surface area (TPSA) is 103 Å². The Morgan fingerprint density at radius 2 is 1.92 bits per heavy atom. The first-order valence-corrected chi connectivity index (χ1v) is 7.92. The Morgan fingerprint density at radius 3 is 2.54 bits per heavy atom. The molecule has 3 rings (SSSR count). The standard InChI is InChI=1S/C17H18N2O7/c1-23-16(21)7-11(17(22)24-2)18-10-6-13-14(26-9-25-13)8-12(10)19-5-3-4-15(19)20/h6-8,18H,3-5,9H2,1-2H3/b11-7+. The molecule has 0 bridgehead atoms. The lowest BCUT2D eigenvalue weighted by Crippen LogP contribution is -2.25. The Bertz CT molecular complexity index is 788. The highest BCUT2D eigenvalue weighted by molar-refractivity contribution is 6.03. The maximum Gasteiger partial charge on any atom is 0.354 e. The summed E-state index contributed by atoms with van der Waals surface area (Å²) in [6.07, 6.45) is 2.15. The zero-order chi connectivity index (χ0) is 18.7. The lowest BCUT2D eigenvalue weighted by Gasteiger charge is -2.21. The number of benzene rings is 1. The first kappa shape index (κ1) is 17.6. The number of ether oxygens (including phenoxy) is 4. The van der Waals surface area contributed by atoms with Gasteiger partial charge in [0.1, 0.15) is 5.70 Å². The molecule has 1 fully saturated rings. The smallest absolute Gasteiger partial charge is 0.354 e. The minimum absolute atomic E-state index is 0.0384. The Balaban J connectivity index is 2.02. The SMILES string of the molecule is COC(=O)/C=C(/Nc1cc2c(cc1N1CCCC1=O)OCO2)C(=O)OC. The van der Waals surface area contributed by atoms with Gasteiger partial charge >= 0.3 is 11.9 Å². The van der Waals surface area contributed by atoms with E-state index in [2.05, 4.69) is 10.1 Å². The third-order valence-corrected chi connectivity index (χ3v) is 3.99. The number of carbonyl (C=O) groups is 3. The van der Waals surface area contributed by atoms with Crippen molar-refractivity contribution in [2.45, 2.75) is 12.8 Å². The average Bonchev–Trinajstić information content (AvgIpc) is 3.27. The number of hydrogen-bond donors (Lipinski definition) is 1. The van der Waals surface area contributed by atoms with Crippen LogP contribution in [0.4, 0.5) is 11.4 Å². The molecule has 9 heteroatoms. The monoisotopic (exact) mass is 362 g/mol. The van der Waals surface area contributed by atoms with Crippen molar-refractivity contribution < 1.29 is 33.3 Å². The van der Waals surface area contributed by atoms with E-state index in [-0.39, 0.29) is 18.4 Å². The Morgan fingerprint density at radius 1 is 1.19 bits per heavy atom. The zero-order valence-electron chi connectivity index (χ0n) is 14.4. The molecule has 0 unspecified atom stereocenters. The number of nitrogens with zero attached hydrogens (tertiary/aromatic N) is 1. The predicted molar refractivity (Wildman–Crippen MR) is 89.9 cm³/mol. The summed E-state index contributed by atoms with van der Waals surface area (Å²) in [5, 5.41) is 2.85. The van der Waals surface area contributed by atoms with Gasteiger partial charge in [-0.3, -0.25) is 4.79 Å². The van der Waals surface area contributed by atoms with E-state index < -0.39 is 11.9 Å². The number of methoxy groups -OCH3 is 2. The van der Waals surface area contributed by atoms with Crippen molar-refractivity contribution in [2.75, 3.05) is 37.8 Å². The summed E-state index contributed by atoms with van der Waals surface area (Å²) in [5.41, 5.74) is 0.799. The van der Waals surface area contributed by atoms with Gasteiger partial charge in [0, 0.05) is 25.1 Å². The molecule has 0 spiro atoms. The van der Waals surface area contributed by atoms with E-state index in [4.69, 9.17) is 14.2 Å². The highest BCUT2D eigenvalue weighted by atomic mass is 16.7. The lowest BCUT2D eigenvalue weighted by atomic mass is 10.2. The Labute approximate surface area is 149 Å². The van der Waals surface area contributed by atoms with Crippen molar-refractivity contribution in [3.05, 3.63) is 23.9 Å². The van der Waals surface area contributed by atoms with Gasteiger partial charge in [0.2, 0.25) is 12.7 Å². The fourth-order valence-corrected chi connectivity index (χ4v) is 2.74. The molecule has 2 heterocycles. The van der Waals surface area contributed by atoms with Crippen molar-refractivity contribution >= 4 is 29.2 Å². The molecule has 1 saturated heterocycles. The number of rotatable bonds is 5. The normalized spacial score (nSPS) is 15.8. The van der Waals surface area contributed by atoms with E-state index in [0.29, 0.717) is 35.8 Å². The zero-order valence-corrected chi connectivity index (χ0v) is 14.4. The highest BCUT2D eigenvalue weighted by Gasteiger charge is 2.28. The number of anilines is 2. The molecule has 0 aromatic heterocycles. The Hall–Kier alpha value is -3.23. The summed E-state index contributed by atoms with van der Waals surface area (Å²) in [5.74, 6) is -0.556. The van der Waals surface area contributed by atoms with Crippen LogP contribution in [-0.2, 0) is 23.9 Å². The van der Waals surface area contributed by atoms with Crippen LogP contribution >= 0.6 is 0 Å². The van der Waals surface area contributed by atoms with Gasteiger partial charge in [0.05, 0.1) is 31.7 Å². The van der Waals surface area contributed by atoms with Crippen molar-refractivity contribution in [3.63, 3.8) is 0 Å². The summed E-state index contributed by atoms with van der Waals surface area (Å²) in [6.45, 7) is 0.607. The molecule has 2 aliphatic rings. The van der Waals surface area contributed by atoms with Gasteiger partial charge in [0.15, 0.2) is 11.5 Å². The molecular weight excluding hydrogens is 344 g/mol. The van der Waals surface area contributed by atoms with Crippen molar-refractivity contribution in [3.8, 4) is 11.5 Å². The molecule has 1 N–H and O–H groups in total. The minimum Gasteiger partial charge on any atom is -0.466 e. The summed E-state index contributed by atoms with van der Waals surface area (Å²) < 4.78 is 20.0. The number of esters is 2. The van der Waals surface area contributed by atoms with Crippen LogP contribution in [0.1, 0.15) is 12.8 Å². The third kappa shape index (κ3) is 3.41. The van der Waals surface area contributed by atoms with Crippen LogP contribution in [0.5, 0.6) is 11.5 Å². The first-order valence-electron chi connectivity index (χ1n) is 7.92. The van der Waals surface area contributed by atoms with Crippen LogP contribution < -0.4 is 19.7 Å². The predicted octanol–water partition coefficient (Wildman–Crippen LogP) is 1.18. The second-order valence-electron chi connectivity index (χ2n) is 5.57.